The van der Waals surface area contributed by atoms with Crippen molar-refractivity contribution in [3.05, 3.63) is 23.8 Å². The van der Waals surface area contributed by atoms with Crippen molar-refractivity contribution < 1.29 is 24.2 Å². The first-order valence-electron chi connectivity index (χ1n) is 8.88. The average Bonchev–Trinajstić information content (AvgIpc) is 3.28. The van der Waals surface area contributed by atoms with Crippen molar-refractivity contribution in [1.82, 2.24) is 4.90 Å². The van der Waals surface area contributed by atoms with E-state index in [9.17, 15) is 14.7 Å². The van der Waals surface area contributed by atoms with Crippen molar-refractivity contribution in [1.29, 1.82) is 0 Å². The molecule has 6 nitrogen and oxygen atoms in total. The standard InChI is InChI=1S/C19H23NO5/c1-24-15-8-4-7-13-14-9-20(17(21)12-5-2-3-6-12)10-19(14,18(22)23)11-25-16(13)15/h4,7-8,12,14H,2-3,5-6,9-11H2,1H3,(H,22,23)/t14-,19-/m0/s1. The Labute approximate surface area is 146 Å². The van der Waals surface area contributed by atoms with E-state index in [0.29, 0.717) is 18.0 Å². The number of nitrogens with zero attached hydrogens (tertiary/aromatic N) is 1. The smallest absolute Gasteiger partial charge is 0.315 e. The molecule has 2 fully saturated rings. The van der Waals surface area contributed by atoms with Crippen LogP contribution in [0.4, 0.5) is 0 Å². The van der Waals surface area contributed by atoms with Gasteiger partial charge < -0.3 is 19.5 Å². The Morgan fingerprint density at radius 1 is 1.32 bits per heavy atom. The predicted octanol–water partition coefficient (Wildman–Crippen LogP) is 2.27. The summed E-state index contributed by atoms with van der Waals surface area (Å²) in [5.41, 5.74) is -0.247. The Morgan fingerprint density at radius 2 is 2.08 bits per heavy atom. The second kappa shape index (κ2) is 5.93. The number of ether oxygens (including phenoxy) is 2. The van der Waals surface area contributed by atoms with Gasteiger partial charge in [-0.3, -0.25) is 9.59 Å². The first-order chi connectivity index (χ1) is 12.1. The van der Waals surface area contributed by atoms with Crippen LogP contribution in [-0.2, 0) is 9.59 Å². The molecular weight excluding hydrogens is 322 g/mol. The normalized spacial score (nSPS) is 28.2. The monoisotopic (exact) mass is 345 g/mol. The van der Waals surface area contributed by atoms with Gasteiger partial charge >= 0.3 is 5.97 Å². The molecule has 25 heavy (non-hydrogen) atoms. The lowest BCUT2D eigenvalue weighted by molar-refractivity contribution is -0.152. The maximum Gasteiger partial charge on any atom is 0.315 e. The number of hydrogen-bond acceptors (Lipinski definition) is 4. The summed E-state index contributed by atoms with van der Waals surface area (Å²) in [4.78, 5) is 26.8. The molecule has 2 heterocycles. The zero-order valence-corrected chi connectivity index (χ0v) is 14.4. The summed E-state index contributed by atoms with van der Waals surface area (Å²) in [5, 5.41) is 9.97. The number of fused-ring (bicyclic) bond motifs is 3. The van der Waals surface area contributed by atoms with Crippen LogP contribution < -0.4 is 9.47 Å². The second-order valence-electron chi connectivity index (χ2n) is 7.38. The average molecular weight is 345 g/mol. The highest BCUT2D eigenvalue weighted by molar-refractivity contribution is 5.84. The van der Waals surface area contributed by atoms with E-state index in [1.54, 1.807) is 12.0 Å². The van der Waals surface area contributed by atoms with Gasteiger partial charge in [-0.15, -0.1) is 0 Å². The molecular formula is C19H23NO5. The molecule has 2 aliphatic heterocycles. The summed E-state index contributed by atoms with van der Waals surface area (Å²) in [6, 6.07) is 5.55. The quantitative estimate of drug-likeness (QED) is 0.909. The SMILES string of the molecule is COc1cccc2c1OC[C@@]1(C(=O)O)CN(C(=O)C3CCCC3)C[C@@H]21. The molecule has 134 valence electrons. The third-order valence-corrected chi connectivity index (χ3v) is 6.06. The summed E-state index contributed by atoms with van der Waals surface area (Å²) in [6.07, 6.45) is 4.00. The minimum absolute atomic E-state index is 0.0525. The van der Waals surface area contributed by atoms with Gasteiger partial charge in [0.05, 0.1) is 7.11 Å². The molecule has 1 N–H and O–H groups in total. The van der Waals surface area contributed by atoms with Crippen LogP contribution in [-0.4, -0.2) is 48.7 Å². The first-order valence-corrected chi connectivity index (χ1v) is 8.88. The van der Waals surface area contributed by atoms with Gasteiger partial charge in [0, 0.05) is 30.5 Å². The molecule has 1 saturated carbocycles. The molecule has 0 bridgehead atoms. The number of methoxy groups -OCH3 is 1. The molecule has 2 atom stereocenters. The Hall–Kier alpha value is -2.24. The van der Waals surface area contributed by atoms with Crippen molar-refractivity contribution >= 4 is 11.9 Å². The van der Waals surface area contributed by atoms with E-state index in [4.69, 9.17) is 9.47 Å². The second-order valence-corrected chi connectivity index (χ2v) is 7.38. The number of para-hydroxylation sites is 1. The Morgan fingerprint density at radius 3 is 2.76 bits per heavy atom. The van der Waals surface area contributed by atoms with Crippen molar-refractivity contribution in [3.63, 3.8) is 0 Å². The van der Waals surface area contributed by atoms with Crippen molar-refractivity contribution in [2.45, 2.75) is 31.6 Å². The van der Waals surface area contributed by atoms with Crippen LogP contribution in [0.2, 0.25) is 0 Å². The molecule has 0 unspecified atom stereocenters. The van der Waals surface area contributed by atoms with Gasteiger partial charge in [-0.1, -0.05) is 25.0 Å². The van der Waals surface area contributed by atoms with Gasteiger partial charge in [0.1, 0.15) is 12.0 Å². The number of likely N-dealkylation sites (tertiary alicyclic amines) is 1. The van der Waals surface area contributed by atoms with Crippen LogP contribution in [0.5, 0.6) is 11.5 Å². The summed E-state index contributed by atoms with van der Waals surface area (Å²) < 4.78 is 11.2. The fourth-order valence-electron chi connectivity index (χ4n) is 4.65. The predicted molar refractivity (Wildman–Crippen MR) is 89.8 cm³/mol. The van der Waals surface area contributed by atoms with Gasteiger partial charge in [-0.05, 0) is 18.9 Å². The fraction of sp³-hybridized carbons (Fsp3) is 0.579. The highest BCUT2D eigenvalue weighted by Gasteiger charge is 2.58. The molecule has 0 spiro atoms. The van der Waals surface area contributed by atoms with Crippen molar-refractivity contribution in [2.75, 3.05) is 26.8 Å². The number of rotatable bonds is 3. The van der Waals surface area contributed by atoms with E-state index < -0.39 is 11.4 Å². The summed E-state index contributed by atoms with van der Waals surface area (Å²) >= 11 is 0. The van der Waals surface area contributed by atoms with Gasteiger partial charge in [0.15, 0.2) is 11.5 Å². The van der Waals surface area contributed by atoms with Crippen LogP contribution in [0, 0.1) is 11.3 Å². The van der Waals surface area contributed by atoms with Crippen LogP contribution in [0.3, 0.4) is 0 Å². The first kappa shape index (κ1) is 16.2. The Kier molecular flexibility index (Phi) is 3.85. The van der Waals surface area contributed by atoms with Crippen LogP contribution in [0.1, 0.15) is 37.2 Å². The third kappa shape index (κ3) is 2.38. The lowest BCUT2D eigenvalue weighted by Crippen LogP contribution is -2.46. The topological polar surface area (TPSA) is 76.1 Å². The van der Waals surface area contributed by atoms with E-state index in [0.717, 1.165) is 31.2 Å². The van der Waals surface area contributed by atoms with Crippen LogP contribution in [0.15, 0.2) is 18.2 Å². The van der Waals surface area contributed by atoms with Gasteiger partial charge in [0.2, 0.25) is 5.91 Å². The van der Waals surface area contributed by atoms with E-state index in [1.165, 1.54) is 0 Å². The highest BCUT2D eigenvalue weighted by Crippen LogP contribution is 2.52. The Balaban J connectivity index is 1.70. The van der Waals surface area contributed by atoms with E-state index in [-0.39, 0.29) is 30.9 Å². The van der Waals surface area contributed by atoms with Gasteiger partial charge in [0.25, 0.3) is 0 Å². The van der Waals surface area contributed by atoms with Gasteiger partial charge in [-0.2, -0.15) is 0 Å². The molecule has 4 rings (SSSR count). The lowest BCUT2D eigenvalue weighted by Gasteiger charge is -2.36. The zero-order valence-electron chi connectivity index (χ0n) is 14.4. The fourth-order valence-corrected chi connectivity index (χ4v) is 4.65. The number of benzene rings is 1. The maximum atomic E-state index is 12.9. The van der Waals surface area contributed by atoms with Crippen molar-refractivity contribution in [2.24, 2.45) is 11.3 Å². The number of hydrogen-bond donors (Lipinski definition) is 1. The van der Waals surface area contributed by atoms with Crippen LogP contribution >= 0.6 is 0 Å². The zero-order chi connectivity index (χ0) is 17.6. The van der Waals surface area contributed by atoms with E-state index >= 15 is 0 Å². The molecule has 0 radical (unpaired) electrons. The number of amides is 1. The molecule has 3 aliphatic rings. The molecule has 1 aliphatic carbocycles. The molecule has 1 amide bonds. The Bertz CT molecular complexity index is 712. The minimum Gasteiger partial charge on any atom is -0.493 e. The number of carbonyl (C=O) groups is 2. The number of carboxylic acid groups (broad SMARTS) is 1. The van der Waals surface area contributed by atoms with Gasteiger partial charge in [-0.25, -0.2) is 0 Å². The summed E-state index contributed by atoms with van der Waals surface area (Å²) in [7, 11) is 1.57. The largest absolute Gasteiger partial charge is 0.493 e. The summed E-state index contributed by atoms with van der Waals surface area (Å²) in [5.74, 6) is 0.217. The third-order valence-electron chi connectivity index (χ3n) is 6.06. The number of aliphatic carboxylic acids is 1. The minimum atomic E-state index is -1.08. The molecule has 0 aromatic heterocycles. The number of carboxylic acids is 1. The lowest BCUT2D eigenvalue weighted by atomic mass is 9.73. The molecule has 1 saturated heterocycles. The number of carbonyl (C=O) groups excluding carboxylic acids is 1. The molecule has 1 aromatic rings. The highest BCUT2D eigenvalue weighted by atomic mass is 16.5. The van der Waals surface area contributed by atoms with Crippen LogP contribution in [0.25, 0.3) is 0 Å². The molecule has 6 heteroatoms. The molecule has 1 aromatic carbocycles. The maximum absolute atomic E-state index is 12.9. The van der Waals surface area contributed by atoms with E-state index in [1.807, 2.05) is 18.2 Å². The van der Waals surface area contributed by atoms with Crippen molar-refractivity contribution in [3.8, 4) is 11.5 Å². The summed E-state index contributed by atoms with van der Waals surface area (Å²) in [6.45, 7) is 0.721. The van der Waals surface area contributed by atoms with E-state index in [2.05, 4.69) is 0 Å².